The van der Waals surface area contributed by atoms with Gasteiger partial charge in [-0.05, 0) is 62.3 Å². The van der Waals surface area contributed by atoms with Gasteiger partial charge in [0.05, 0.1) is 0 Å². The highest BCUT2D eigenvalue weighted by Gasteiger charge is 2.25. The lowest BCUT2D eigenvalue weighted by Gasteiger charge is -2.21. The third-order valence-electron chi connectivity index (χ3n) is 3.38. The average Bonchev–Trinajstić information content (AvgIpc) is 2.28. The summed E-state index contributed by atoms with van der Waals surface area (Å²) in [5, 5.41) is 0. The number of hydrogen-bond donors (Lipinski definition) is 0. The van der Waals surface area contributed by atoms with Crippen molar-refractivity contribution >= 4 is 0 Å². The summed E-state index contributed by atoms with van der Waals surface area (Å²) in [5.74, 6) is -2.09. The fraction of sp³-hybridized carbons (Fsp3) is 0.429. The summed E-state index contributed by atoms with van der Waals surface area (Å²) in [6.45, 7) is 3.41. The standard InChI is InChI=1S/C14H15F3/c1-8-3-5-10(12(15)7-8)11-6-4-9(2)13(16)14(11)17/h7H,3-6H2,1-2H3. The highest BCUT2D eigenvalue weighted by molar-refractivity contribution is 5.48. The van der Waals surface area contributed by atoms with Crippen LogP contribution in [0.2, 0.25) is 0 Å². The fourth-order valence-electron chi connectivity index (χ4n) is 2.25. The van der Waals surface area contributed by atoms with E-state index >= 15 is 0 Å². The molecule has 2 aliphatic carbocycles. The molecule has 0 bridgehead atoms. The van der Waals surface area contributed by atoms with Crippen LogP contribution in [0.3, 0.4) is 0 Å². The summed E-state index contributed by atoms with van der Waals surface area (Å²) in [4.78, 5) is 0. The minimum Gasteiger partial charge on any atom is -0.207 e. The van der Waals surface area contributed by atoms with E-state index in [0.717, 1.165) is 5.57 Å². The number of hydrogen-bond acceptors (Lipinski definition) is 0. The first kappa shape index (κ1) is 12.2. The molecule has 0 aliphatic heterocycles. The second-order valence-electron chi connectivity index (χ2n) is 4.70. The van der Waals surface area contributed by atoms with Crippen LogP contribution >= 0.6 is 0 Å². The molecule has 0 saturated heterocycles. The summed E-state index contributed by atoms with van der Waals surface area (Å²) in [7, 11) is 0. The Bertz CT molecular complexity index is 476. The molecule has 92 valence electrons. The van der Waals surface area contributed by atoms with Crippen LogP contribution in [0.25, 0.3) is 0 Å². The zero-order valence-electron chi connectivity index (χ0n) is 10.0. The number of rotatable bonds is 1. The van der Waals surface area contributed by atoms with Crippen molar-refractivity contribution < 1.29 is 13.2 Å². The van der Waals surface area contributed by atoms with Gasteiger partial charge >= 0.3 is 0 Å². The Morgan fingerprint density at radius 3 is 2.12 bits per heavy atom. The first-order valence-corrected chi connectivity index (χ1v) is 5.81. The molecule has 2 rings (SSSR count). The molecule has 0 nitrogen and oxygen atoms in total. The lowest BCUT2D eigenvalue weighted by Crippen LogP contribution is -2.05. The molecule has 3 heteroatoms. The Morgan fingerprint density at radius 1 is 0.824 bits per heavy atom. The summed E-state index contributed by atoms with van der Waals surface area (Å²) in [6, 6.07) is 0. The van der Waals surface area contributed by atoms with Gasteiger partial charge in [-0.2, -0.15) is 0 Å². The maximum absolute atomic E-state index is 13.8. The summed E-state index contributed by atoms with van der Waals surface area (Å²) >= 11 is 0. The summed E-state index contributed by atoms with van der Waals surface area (Å²) < 4.78 is 41.0. The Labute approximate surface area is 99.2 Å². The van der Waals surface area contributed by atoms with E-state index in [4.69, 9.17) is 0 Å². The lowest BCUT2D eigenvalue weighted by molar-refractivity contribution is 0.507. The van der Waals surface area contributed by atoms with E-state index in [9.17, 15) is 13.2 Å². The van der Waals surface area contributed by atoms with Crippen LogP contribution in [-0.2, 0) is 0 Å². The number of allylic oxidation sites excluding steroid dienone is 8. The smallest absolute Gasteiger partial charge is 0.162 e. The molecule has 0 heterocycles. The molecule has 0 radical (unpaired) electrons. The van der Waals surface area contributed by atoms with Crippen LogP contribution in [0.1, 0.15) is 39.5 Å². The van der Waals surface area contributed by atoms with E-state index < -0.39 is 17.5 Å². The Kier molecular flexibility index (Phi) is 3.27. The van der Waals surface area contributed by atoms with E-state index in [1.165, 1.54) is 6.08 Å². The van der Waals surface area contributed by atoms with Gasteiger partial charge < -0.3 is 0 Å². The second-order valence-corrected chi connectivity index (χ2v) is 4.70. The fourth-order valence-corrected chi connectivity index (χ4v) is 2.25. The first-order valence-electron chi connectivity index (χ1n) is 5.81. The molecule has 0 spiro atoms. The molecular formula is C14H15F3. The first-order chi connectivity index (χ1) is 8.00. The van der Waals surface area contributed by atoms with Crippen molar-refractivity contribution in [2.75, 3.05) is 0 Å². The molecule has 0 saturated carbocycles. The van der Waals surface area contributed by atoms with Crippen molar-refractivity contribution in [2.24, 2.45) is 0 Å². The van der Waals surface area contributed by atoms with Crippen molar-refractivity contribution in [3.05, 3.63) is 45.8 Å². The third-order valence-corrected chi connectivity index (χ3v) is 3.38. The number of halogens is 3. The van der Waals surface area contributed by atoms with Crippen LogP contribution < -0.4 is 0 Å². The summed E-state index contributed by atoms with van der Waals surface area (Å²) in [5.41, 5.74) is 1.91. The van der Waals surface area contributed by atoms with Gasteiger partial charge in [-0.25, -0.2) is 13.2 Å². The minimum absolute atomic E-state index is 0.217. The highest BCUT2D eigenvalue weighted by Crippen LogP contribution is 2.40. The topological polar surface area (TPSA) is 0 Å². The maximum atomic E-state index is 13.8. The zero-order chi connectivity index (χ0) is 12.6. The summed E-state index contributed by atoms with van der Waals surface area (Å²) in [6.07, 6.45) is 3.45. The van der Waals surface area contributed by atoms with Crippen molar-refractivity contribution in [2.45, 2.75) is 39.5 Å². The minimum atomic E-state index is -0.869. The zero-order valence-corrected chi connectivity index (χ0v) is 10.0. The average molecular weight is 240 g/mol. The quantitative estimate of drug-likeness (QED) is 0.590. The van der Waals surface area contributed by atoms with Crippen molar-refractivity contribution in [3.63, 3.8) is 0 Å². The molecule has 0 fully saturated rings. The normalized spacial score (nSPS) is 22.3. The van der Waals surface area contributed by atoms with Gasteiger partial charge in [0.15, 0.2) is 11.7 Å². The van der Waals surface area contributed by atoms with Crippen molar-refractivity contribution in [1.82, 2.24) is 0 Å². The molecule has 0 unspecified atom stereocenters. The van der Waals surface area contributed by atoms with Crippen LogP contribution in [0.15, 0.2) is 45.8 Å². The Balaban J connectivity index is 2.46. The van der Waals surface area contributed by atoms with E-state index in [2.05, 4.69) is 0 Å². The van der Waals surface area contributed by atoms with Crippen LogP contribution in [0, 0.1) is 0 Å². The van der Waals surface area contributed by atoms with Gasteiger partial charge in [-0.3, -0.25) is 0 Å². The molecule has 0 aromatic rings. The van der Waals surface area contributed by atoms with E-state index in [-0.39, 0.29) is 5.57 Å². The van der Waals surface area contributed by atoms with Crippen LogP contribution in [-0.4, -0.2) is 0 Å². The SMILES string of the molecule is CC1=CC(F)=C(C2=C(F)C(F)=C(C)CC2)CC1. The van der Waals surface area contributed by atoms with E-state index in [0.29, 0.717) is 36.8 Å². The van der Waals surface area contributed by atoms with Gasteiger partial charge in [0, 0.05) is 0 Å². The largest absolute Gasteiger partial charge is 0.207 e. The Hall–Kier alpha value is -1.25. The molecular weight excluding hydrogens is 225 g/mol. The van der Waals surface area contributed by atoms with Gasteiger partial charge in [-0.1, -0.05) is 5.57 Å². The second kappa shape index (κ2) is 4.55. The van der Waals surface area contributed by atoms with Gasteiger partial charge in [0.1, 0.15) is 5.83 Å². The van der Waals surface area contributed by atoms with Crippen LogP contribution in [0.5, 0.6) is 0 Å². The van der Waals surface area contributed by atoms with E-state index in [1.54, 1.807) is 6.92 Å². The molecule has 0 atom stereocenters. The van der Waals surface area contributed by atoms with Crippen molar-refractivity contribution in [3.8, 4) is 0 Å². The predicted molar refractivity (Wildman–Crippen MR) is 62.3 cm³/mol. The monoisotopic (exact) mass is 240 g/mol. The van der Waals surface area contributed by atoms with Crippen LogP contribution in [0.4, 0.5) is 13.2 Å². The highest BCUT2D eigenvalue weighted by atomic mass is 19.2. The van der Waals surface area contributed by atoms with Gasteiger partial charge in [0.25, 0.3) is 0 Å². The van der Waals surface area contributed by atoms with Gasteiger partial charge in [-0.15, -0.1) is 0 Å². The van der Waals surface area contributed by atoms with Crippen molar-refractivity contribution in [1.29, 1.82) is 0 Å². The van der Waals surface area contributed by atoms with Gasteiger partial charge in [0.2, 0.25) is 0 Å². The molecule has 0 aromatic heterocycles. The van der Waals surface area contributed by atoms with E-state index in [1.807, 2.05) is 6.92 Å². The molecule has 17 heavy (non-hydrogen) atoms. The third kappa shape index (κ3) is 2.24. The Morgan fingerprint density at radius 2 is 1.47 bits per heavy atom. The predicted octanol–water partition coefficient (Wildman–Crippen LogP) is 5.21. The molecule has 0 amide bonds. The molecule has 2 aliphatic rings. The maximum Gasteiger partial charge on any atom is 0.162 e. The molecule has 0 aromatic carbocycles. The molecule has 0 N–H and O–H groups in total. The lowest BCUT2D eigenvalue weighted by atomic mass is 9.86.